The molecule has 18 heavy (non-hydrogen) atoms. The van der Waals surface area contributed by atoms with Crippen LogP contribution in [0.2, 0.25) is 0 Å². The SMILES string of the molecule is C/C=C(\c1ccccc1)c1cc(I)ccc1CI. The van der Waals surface area contributed by atoms with Crippen molar-refractivity contribution in [2.24, 2.45) is 0 Å². The average molecular weight is 460 g/mol. The fourth-order valence-electron chi connectivity index (χ4n) is 2.01. The van der Waals surface area contributed by atoms with Crippen LogP contribution in [0.1, 0.15) is 23.6 Å². The normalized spacial score (nSPS) is 11.6. The zero-order chi connectivity index (χ0) is 13.0. The first-order valence-electron chi connectivity index (χ1n) is 5.82. The summed E-state index contributed by atoms with van der Waals surface area (Å²) in [5, 5.41) is 0. The van der Waals surface area contributed by atoms with Crippen molar-refractivity contribution >= 4 is 50.8 Å². The molecule has 2 aromatic rings. The van der Waals surface area contributed by atoms with E-state index in [1.165, 1.54) is 25.8 Å². The molecule has 0 aliphatic heterocycles. The van der Waals surface area contributed by atoms with Crippen molar-refractivity contribution in [3.05, 3.63) is 74.9 Å². The van der Waals surface area contributed by atoms with Crippen LogP contribution in [0, 0.1) is 3.57 Å². The van der Waals surface area contributed by atoms with Gasteiger partial charge in [0.25, 0.3) is 0 Å². The van der Waals surface area contributed by atoms with E-state index in [0.29, 0.717) is 0 Å². The molecule has 0 fully saturated rings. The van der Waals surface area contributed by atoms with Crippen LogP contribution in [0.5, 0.6) is 0 Å². The molecule has 2 rings (SSSR count). The van der Waals surface area contributed by atoms with Crippen molar-refractivity contribution in [1.82, 2.24) is 0 Å². The number of alkyl halides is 1. The zero-order valence-corrected chi connectivity index (χ0v) is 14.5. The van der Waals surface area contributed by atoms with Gasteiger partial charge in [0.15, 0.2) is 0 Å². The van der Waals surface area contributed by atoms with Crippen molar-refractivity contribution in [3.8, 4) is 0 Å². The van der Waals surface area contributed by atoms with Crippen molar-refractivity contribution in [3.63, 3.8) is 0 Å². The molecular formula is C16H14I2. The van der Waals surface area contributed by atoms with Gasteiger partial charge in [0.1, 0.15) is 0 Å². The molecule has 0 amide bonds. The predicted octanol–water partition coefficient (Wildman–Crippen LogP) is 5.68. The zero-order valence-electron chi connectivity index (χ0n) is 10.2. The van der Waals surface area contributed by atoms with Gasteiger partial charge in [-0.25, -0.2) is 0 Å². The molecule has 0 unspecified atom stereocenters. The van der Waals surface area contributed by atoms with E-state index >= 15 is 0 Å². The van der Waals surface area contributed by atoms with E-state index in [0.717, 1.165) is 4.43 Å². The van der Waals surface area contributed by atoms with Gasteiger partial charge in [0, 0.05) is 8.00 Å². The largest absolute Gasteiger partial charge is 0.0812 e. The predicted molar refractivity (Wildman–Crippen MR) is 96.1 cm³/mol. The van der Waals surface area contributed by atoms with Crippen LogP contribution in [-0.2, 0) is 4.43 Å². The molecule has 92 valence electrons. The van der Waals surface area contributed by atoms with Crippen LogP contribution in [-0.4, -0.2) is 0 Å². The summed E-state index contributed by atoms with van der Waals surface area (Å²) in [4.78, 5) is 0. The second-order valence-electron chi connectivity index (χ2n) is 4.00. The van der Waals surface area contributed by atoms with E-state index in [2.05, 4.69) is 107 Å². The maximum absolute atomic E-state index is 2.43. The highest BCUT2D eigenvalue weighted by molar-refractivity contribution is 14.1. The van der Waals surface area contributed by atoms with Gasteiger partial charge in [-0.2, -0.15) is 0 Å². The number of hydrogen-bond acceptors (Lipinski definition) is 0. The number of hydrogen-bond donors (Lipinski definition) is 0. The molecule has 0 spiro atoms. The molecule has 0 heterocycles. The third-order valence-electron chi connectivity index (χ3n) is 2.88. The third-order valence-corrected chi connectivity index (χ3v) is 4.37. The summed E-state index contributed by atoms with van der Waals surface area (Å²) in [6, 6.07) is 17.3. The van der Waals surface area contributed by atoms with Crippen LogP contribution in [0.3, 0.4) is 0 Å². The highest BCUT2D eigenvalue weighted by Crippen LogP contribution is 2.29. The van der Waals surface area contributed by atoms with E-state index in [1.54, 1.807) is 0 Å². The van der Waals surface area contributed by atoms with Crippen LogP contribution >= 0.6 is 45.2 Å². The molecule has 0 aliphatic carbocycles. The Hall–Kier alpha value is -0.360. The van der Waals surface area contributed by atoms with Crippen molar-refractivity contribution in [1.29, 1.82) is 0 Å². The van der Waals surface area contributed by atoms with Crippen molar-refractivity contribution < 1.29 is 0 Å². The van der Waals surface area contributed by atoms with Crippen LogP contribution in [0.25, 0.3) is 5.57 Å². The van der Waals surface area contributed by atoms with Gasteiger partial charge in [-0.1, -0.05) is 65.1 Å². The molecule has 0 atom stereocenters. The minimum atomic E-state index is 1.04. The summed E-state index contributed by atoms with van der Waals surface area (Å²) in [5.74, 6) is 0. The lowest BCUT2D eigenvalue weighted by Crippen LogP contribution is -1.94. The fourth-order valence-corrected chi connectivity index (χ4v) is 3.17. The summed E-state index contributed by atoms with van der Waals surface area (Å²) in [6.07, 6.45) is 2.20. The minimum Gasteiger partial charge on any atom is -0.0812 e. The lowest BCUT2D eigenvalue weighted by molar-refractivity contribution is 1.38. The molecule has 0 saturated carbocycles. The van der Waals surface area contributed by atoms with Crippen LogP contribution in [0.4, 0.5) is 0 Å². The lowest BCUT2D eigenvalue weighted by atomic mass is 9.94. The maximum atomic E-state index is 2.43. The summed E-state index contributed by atoms with van der Waals surface area (Å²) < 4.78 is 2.32. The molecule has 0 aliphatic rings. The van der Waals surface area contributed by atoms with Crippen LogP contribution in [0.15, 0.2) is 54.6 Å². The second kappa shape index (κ2) is 6.70. The topological polar surface area (TPSA) is 0 Å². The molecule has 2 aromatic carbocycles. The summed E-state index contributed by atoms with van der Waals surface area (Å²) in [5.41, 5.74) is 5.35. The highest BCUT2D eigenvalue weighted by atomic mass is 127. The Morgan fingerprint density at radius 1 is 1.11 bits per heavy atom. The van der Waals surface area contributed by atoms with E-state index in [1.807, 2.05) is 0 Å². The molecule has 0 bridgehead atoms. The molecule has 0 aromatic heterocycles. The van der Waals surface area contributed by atoms with Crippen molar-refractivity contribution in [2.75, 3.05) is 0 Å². The van der Waals surface area contributed by atoms with Gasteiger partial charge < -0.3 is 0 Å². The maximum Gasteiger partial charge on any atom is 0.0253 e. The van der Waals surface area contributed by atoms with E-state index < -0.39 is 0 Å². The Balaban J connectivity index is 2.56. The second-order valence-corrected chi connectivity index (χ2v) is 6.01. The van der Waals surface area contributed by atoms with Gasteiger partial charge in [-0.05, 0) is 63.9 Å². The Morgan fingerprint density at radius 3 is 2.44 bits per heavy atom. The Morgan fingerprint density at radius 2 is 1.83 bits per heavy atom. The lowest BCUT2D eigenvalue weighted by Gasteiger charge is -2.12. The van der Waals surface area contributed by atoms with Gasteiger partial charge in [-0.3, -0.25) is 0 Å². The molecule has 0 saturated heterocycles. The fraction of sp³-hybridized carbons (Fsp3) is 0.125. The first-order valence-corrected chi connectivity index (χ1v) is 8.43. The first kappa shape index (κ1) is 14.1. The molecule has 0 nitrogen and oxygen atoms in total. The highest BCUT2D eigenvalue weighted by Gasteiger charge is 2.09. The Bertz CT molecular complexity index is 557. The first-order chi connectivity index (χ1) is 8.76. The Labute approximate surface area is 136 Å². The van der Waals surface area contributed by atoms with E-state index in [9.17, 15) is 0 Å². The summed E-state index contributed by atoms with van der Waals surface area (Å²) in [7, 11) is 0. The van der Waals surface area contributed by atoms with Gasteiger partial charge in [-0.15, -0.1) is 0 Å². The summed E-state index contributed by atoms with van der Waals surface area (Å²) in [6.45, 7) is 2.11. The quantitative estimate of drug-likeness (QED) is 0.409. The molecule has 0 N–H and O–H groups in total. The van der Waals surface area contributed by atoms with E-state index in [-0.39, 0.29) is 0 Å². The number of rotatable bonds is 3. The molecular weight excluding hydrogens is 446 g/mol. The van der Waals surface area contributed by atoms with E-state index in [4.69, 9.17) is 0 Å². The van der Waals surface area contributed by atoms with Gasteiger partial charge in [0.2, 0.25) is 0 Å². The van der Waals surface area contributed by atoms with Crippen molar-refractivity contribution in [2.45, 2.75) is 11.4 Å². The smallest absolute Gasteiger partial charge is 0.0253 e. The minimum absolute atomic E-state index is 1.04. The third kappa shape index (κ3) is 3.15. The number of allylic oxidation sites excluding steroid dienone is 1. The van der Waals surface area contributed by atoms with Gasteiger partial charge in [0.05, 0.1) is 0 Å². The van der Waals surface area contributed by atoms with Crippen LogP contribution < -0.4 is 0 Å². The molecule has 0 radical (unpaired) electrons. The monoisotopic (exact) mass is 460 g/mol. The van der Waals surface area contributed by atoms with Gasteiger partial charge >= 0.3 is 0 Å². The number of benzene rings is 2. The number of halogens is 2. The average Bonchev–Trinajstić information content (AvgIpc) is 2.41. The Kier molecular flexibility index (Phi) is 5.24. The summed E-state index contributed by atoms with van der Waals surface area (Å²) >= 11 is 4.81. The molecule has 2 heteroatoms. The standard InChI is InChI=1S/C16H14I2/c1-2-15(12-6-4-3-5-7-12)16-10-14(18)9-8-13(16)11-17/h2-10H,11H2,1H3/b15-2+.